The van der Waals surface area contributed by atoms with Gasteiger partial charge >= 0.3 is 15.5 Å². The van der Waals surface area contributed by atoms with Gasteiger partial charge in [0, 0.05) is 12.0 Å². The Morgan fingerprint density at radius 2 is 1.66 bits per heavy atom. The Labute approximate surface area is 197 Å². The van der Waals surface area contributed by atoms with Gasteiger partial charge in [0.15, 0.2) is 27.1 Å². The van der Waals surface area contributed by atoms with Crippen LogP contribution in [0.25, 0.3) is 4.85 Å². The van der Waals surface area contributed by atoms with Crippen LogP contribution in [-0.4, -0.2) is 35.0 Å². The molecule has 0 bridgehead atoms. The van der Waals surface area contributed by atoms with Crippen molar-refractivity contribution in [2.75, 3.05) is 6.61 Å². The molecular weight excluding hydrogens is 519 g/mol. The topological polar surface area (TPSA) is 93.9 Å². The lowest BCUT2D eigenvalue weighted by Crippen LogP contribution is -2.56. The summed E-state index contributed by atoms with van der Waals surface area (Å²) in [6, 6.07) is 4.92. The van der Waals surface area contributed by atoms with Crippen LogP contribution >= 0.6 is 0 Å². The van der Waals surface area contributed by atoms with E-state index >= 15 is 4.39 Å². The number of ether oxygens (including phenoxy) is 1. The van der Waals surface area contributed by atoms with Crippen molar-refractivity contribution in [2.45, 2.75) is 40.5 Å². The maximum atomic E-state index is 15.1. The lowest BCUT2D eigenvalue weighted by Gasteiger charge is -2.49. The molecule has 2 aliphatic rings. The molecule has 0 radical (unpaired) electrons. The summed E-state index contributed by atoms with van der Waals surface area (Å²) in [5.74, 6) is -3.93. The number of sulfone groups is 1. The minimum Gasteiger partial charge on any atom is -0.490 e. The molecule has 0 spiro atoms. The van der Waals surface area contributed by atoms with Gasteiger partial charge in [-0.1, -0.05) is 24.3 Å². The van der Waals surface area contributed by atoms with E-state index in [4.69, 9.17) is 11.3 Å². The maximum absolute atomic E-state index is 15.1. The zero-order valence-corrected chi connectivity index (χ0v) is 19.3. The molecule has 0 saturated heterocycles. The number of benzene rings is 2. The van der Waals surface area contributed by atoms with E-state index in [0.29, 0.717) is 0 Å². The predicted octanol–water partition coefficient (Wildman–Crippen LogP) is 4.19. The second-order valence-electron chi connectivity index (χ2n) is 8.28. The first-order chi connectivity index (χ1) is 16.2. The highest BCUT2D eigenvalue weighted by Crippen LogP contribution is 2.56. The lowest BCUT2D eigenvalue weighted by molar-refractivity contribution is -0.0454. The fraction of sp³-hybridized carbons (Fsp3) is 0.381. The second kappa shape index (κ2) is 8.42. The normalized spacial score (nSPS) is 24.6. The van der Waals surface area contributed by atoms with E-state index in [9.17, 15) is 34.4 Å². The predicted molar refractivity (Wildman–Crippen MR) is 113 cm³/mol. The van der Waals surface area contributed by atoms with Crippen molar-refractivity contribution in [2.24, 2.45) is 5.92 Å². The van der Waals surface area contributed by atoms with E-state index in [1.54, 1.807) is 0 Å². The Morgan fingerprint density at radius 1 is 1.03 bits per heavy atom. The van der Waals surface area contributed by atoms with Crippen molar-refractivity contribution < 1.29 is 43.5 Å². The SMILES string of the molecule is [C-]#[N+]c1ccc(S(=O)(=O)[C@@]23CC[C@@H](NS(=O)(=O)C(F)(F)F)C[C@@H]2COc2c(F)ccc(F)c23)cc1. The van der Waals surface area contributed by atoms with Gasteiger partial charge in [0.1, 0.15) is 10.6 Å². The Kier molecular flexibility index (Phi) is 6.10. The molecule has 35 heavy (non-hydrogen) atoms. The first kappa shape index (κ1) is 25.3. The summed E-state index contributed by atoms with van der Waals surface area (Å²) >= 11 is 0. The number of alkyl halides is 3. The van der Waals surface area contributed by atoms with Crippen LogP contribution in [0.4, 0.5) is 27.6 Å². The third-order valence-electron chi connectivity index (χ3n) is 6.39. The number of nitrogens with one attached hydrogen (secondary N) is 1. The number of hydrogen-bond donors (Lipinski definition) is 1. The van der Waals surface area contributed by atoms with Crippen LogP contribution in [0.15, 0.2) is 41.3 Å². The zero-order chi connectivity index (χ0) is 25.8. The number of hydrogen-bond acceptors (Lipinski definition) is 5. The van der Waals surface area contributed by atoms with Gasteiger partial charge in [0.2, 0.25) is 0 Å². The van der Waals surface area contributed by atoms with Crippen molar-refractivity contribution in [3.8, 4) is 5.75 Å². The Balaban J connectivity index is 1.86. The minimum absolute atomic E-state index is 0.132. The molecule has 3 atom stereocenters. The molecule has 1 N–H and O–H groups in total. The van der Waals surface area contributed by atoms with Crippen LogP contribution in [0.3, 0.4) is 0 Å². The molecule has 0 amide bonds. The molecule has 1 aliphatic heterocycles. The average Bonchev–Trinajstić information content (AvgIpc) is 2.79. The maximum Gasteiger partial charge on any atom is 0.511 e. The van der Waals surface area contributed by atoms with Crippen LogP contribution in [-0.2, 0) is 24.6 Å². The van der Waals surface area contributed by atoms with Gasteiger partial charge in [-0.2, -0.15) is 13.2 Å². The first-order valence-electron chi connectivity index (χ1n) is 10.2. The third-order valence-corrected chi connectivity index (χ3v) is 10.2. The van der Waals surface area contributed by atoms with E-state index in [1.165, 1.54) is 16.9 Å². The summed E-state index contributed by atoms with van der Waals surface area (Å²) in [7, 11) is -10.3. The Hall–Kier alpha value is -2.76. The van der Waals surface area contributed by atoms with Crippen LogP contribution in [0.1, 0.15) is 24.8 Å². The van der Waals surface area contributed by atoms with Crippen LogP contribution in [0.2, 0.25) is 0 Å². The highest BCUT2D eigenvalue weighted by Gasteiger charge is 2.60. The molecule has 2 aromatic carbocycles. The molecule has 1 heterocycles. The smallest absolute Gasteiger partial charge is 0.490 e. The first-order valence-corrected chi connectivity index (χ1v) is 13.1. The fourth-order valence-electron chi connectivity index (χ4n) is 4.82. The van der Waals surface area contributed by atoms with Gasteiger partial charge < -0.3 is 4.74 Å². The molecule has 188 valence electrons. The average molecular weight is 537 g/mol. The number of rotatable bonds is 4. The molecule has 0 unspecified atom stereocenters. The standard InChI is InChI=1S/C21H17F5N2O5S2/c1-27-13-2-4-15(5-3-13)34(29,30)20-9-8-14(28-35(31,32)21(24,25)26)10-12(20)11-33-19-17(23)7-6-16(22)18(19)20/h2-7,12,14,28H,8-11H2/t12-,14-,20+/m1/s1. The highest BCUT2D eigenvalue weighted by molar-refractivity contribution is 7.92. The zero-order valence-electron chi connectivity index (χ0n) is 17.6. The monoisotopic (exact) mass is 536 g/mol. The molecule has 2 aromatic rings. The number of sulfonamides is 1. The summed E-state index contributed by atoms with van der Waals surface area (Å²) < 4.78 is 124. The molecule has 14 heteroatoms. The quantitative estimate of drug-likeness (QED) is 0.468. The van der Waals surface area contributed by atoms with Crippen molar-refractivity contribution in [1.29, 1.82) is 0 Å². The summed E-state index contributed by atoms with van der Waals surface area (Å²) in [6.45, 7) is 6.53. The number of halogens is 5. The minimum atomic E-state index is -5.73. The molecule has 0 aromatic heterocycles. The van der Waals surface area contributed by atoms with Crippen molar-refractivity contribution in [3.05, 3.63) is 65.0 Å². The van der Waals surface area contributed by atoms with E-state index in [1.807, 2.05) is 0 Å². The van der Waals surface area contributed by atoms with Gasteiger partial charge in [-0.25, -0.2) is 35.2 Å². The van der Waals surface area contributed by atoms with E-state index in [0.717, 1.165) is 24.3 Å². The third kappa shape index (κ3) is 3.95. The van der Waals surface area contributed by atoms with E-state index in [2.05, 4.69) is 4.85 Å². The van der Waals surface area contributed by atoms with Gasteiger partial charge in [0.05, 0.1) is 23.6 Å². The molecule has 4 rings (SSSR count). The molecule has 7 nitrogen and oxygen atoms in total. The fourth-order valence-corrected chi connectivity index (χ4v) is 7.97. The van der Waals surface area contributed by atoms with Gasteiger partial charge in [-0.3, -0.25) is 0 Å². The molecular formula is C21H17F5N2O5S2. The van der Waals surface area contributed by atoms with Gasteiger partial charge in [-0.15, -0.1) is 0 Å². The van der Waals surface area contributed by atoms with Gasteiger partial charge in [-0.05, 0) is 31.4 Å². The van der Waals surface area contributed by atoms with E-state index in [-0.39, 0.29) is 10.6 Å². The van der Waals surface area contributed by atoms with Crippen LogP contribution < -0.4 is 9.46 Å². The summed E-state index contributed by atoms with van der Waals surface area (Å²) in [5.41, 5.74) is -6.03. The summed E-state index contributed by atoms with van der Waals surface area (Å²) in [5, 5.41) is 0. The van der Waals surface area contributed by atoms with E-state index < -0.39 is 90.9 Å². The number of nitrogens with zero attached hydrogens (tertiary/aromatic N) is 1. The Morgan fingerprint density at radius 3 is 2.26 bits per heavy atom. The van der Waals surface area contributed by atoms with Crippen molar-refractivity contribution in [3.63, 3.8) is 0 Å². The largest absolute Gasteiger partial charge is 0.511 e. The molecule has 1 aliphatic carbocycles. The van der Waals surface area contributed by atoms with Crippen molar-refractivity contribution in [1.82, 2.24) is 4.72 Å². The second-order valence-corrected chi connectivity index (χ2v) is 12.2. The lowest BCUT2D eigenvalue weighted by atomic mass is 9.71. The van der Waals surface area contributed by atoms with Crippen LogP contribution in [0.5, 0.6) is 5.75 Å². The highest BCUT2D eigenvalue weighted by atomic mass is 32.2. The van der Waals surface area contributed by atoms with Crippen molar-refractivity contribution >= 4 is 25.5 Å². The van der Waals surface area contributed by atoms with Crippen LogP contribution in [0, 0.1) is 24.1 Å². The summed E-state index contributed by atoms with van der Waals surface area (Å²) in [6.07, 6.45) is -1.35. The number of fused-ring (bicyclic) bond motifs is 3. The molecule has 1 fully saturated rings. The molecule has 1 saturated carbocycles. The van der Waals surface area contributed by atoms with Gasteiger partial charge in [0.25, 0.3) is 0 Å². The Bertz CT molecular complexity index is 1420. The summed E-state index contributed by atoms with van der Waals surface area (Å²) in [4.78, 5) is 2.88.